The van der Waals surface area contributed by atoms with Gasteiger partial charge in [-0.15, -0.1) is 0 Å². The van der Waals surface area contributed by atoms with Crippen molar-refractivity contribution in [3.05, 3.63) is 56.8 Å². The number of hydrogen-bond donors (Lipinski definition) is 1. The molecule has 0 spiro atoms. The molecule has 0 saturated carbocycles. The SMILES string of the molecule is Cc1cncc(CNc2c(Cl)cc(Cl)cc2Cl)c1. The molecule has 0 aliphatic rings. The Labute approximate surface area is 121 Å². The second-order valence-corrected chi connectivity index (χ2v) is 5.22. The standard InChI is InChI=1S/C13H11Cl3N2/c1-8-2-9(6-17-5-8)7-18-13-11(15)3-10(14)4-12(13)16/h2-6,18H,7H2,1H3. The average Bonchev–Trinajstić information content (AvgIpc) is 2.27. The summed E-state index contributed by atoms with van der Waals surface area (Å²) in [5, 5.41) is 4.73. The van der Waals surface area contributed by atoms with Gasteiger partial charge in [0.15, 0.2) is 0 Å². The molecule has 0 aliphatic heterocycles. The van der Waals surface area contributed by atoms with Crippen molar-refractivity contribution in [2.75, 3.05) is 5.32 Å². The molecule has 1 N–H and O–H groups in total. The molecular formula is C13H11Cl3N2. The molecule has 1 heterocycles. The van der Waals surface area contributed by atoms with E-state index >= 15 is 0 Å². The molecule has 1 aromatic heterocycles. The molecule has 0 amide bonds. The summed E-state index contributed by atoms with van der Waals surface area (Å²) in [5.41, 5.74) is 2.86. The van der Waals surface area contributed by atoms with Gasteiger partial charge in [-0.3, -0.25) is 4.98 Å². The summed E-state index contributed by atoms with van der Waals surface area (Å²) >= 11 is 18.0. The molecule has 1 aromatic carbocycles. The second kappa shape index (κ2) is 5.79. The lowest BCUT2D eigenvalue weighted by atomic mass is 10.2. The molecule has 0 aliphatic carbocycles. The molecule has 0 saturated heterocycles. The van der Waals surface area contributed by atoms with Crippen LogP contribution in [0, 0.1) is 6.92 Å². The summed E-state index contributed by atoms with van der Waals surface area (Å²) in [5.74, 6) is 0. The predicted molar refractivity (Wildman–Crippen MR) is 77.8 cm³/mol. The van der Waals surface area contributed by atoms with E-state index in [1.165, 1.54) is 0 Å². The van der Waals surface area contributed by atoms with E-state index in [1.807, 2.05) is 13.1 Å². The number of aromatic nitrogens is 1. The fourth-order valence-electron chi connectivity index (χ4n) is 1.62. The molecule has 5 heteroatoms. The third kappa shape index (κ3) is 3.29. The zero-order valence-corrected chi connectivity index (χ0v) is 11.9. The van der Waals surface area contributed by atoms with Gasteiger partial charge in [0.05, 0.1) is 15.7 Å². The molecule has 0 unspecified atom stereocenters. The maximum absolute atomic E-state index is 6.09. The summed E-state index contributed by atoms with van der Waals surface area (Å²) in [7, 11) is 0. The molecule has 0 atom stereocenters. The highest BCUT2D eigenvalue weighted by Gasteiger charge is 2.07. The maximum atomic E-state index is 6.09. The number of halogens is 3. The Kier molecular flexibility index (Phi) is 4.33. The first kappa shape index (κ1) is 13.5. The van der Waals surface area contributed by atoms with Crippen LogP contribution in [0.5, 0.6) is 0 Å². The lowest BCUT2D eigenvalue weighted by Crippen LogP contribution is -2.01. The third-order valence-corrected chi connectivity index (χ3v) is 3.22. The number of anilines is 1. The first-order valence-corrected chi connectivity index (χ1v) is 6.48. The summed E-state index contributed by atoms with van der Waals surface area (Å²) in [6.45, 7) is 2.61. The van der Waals surface area contributed by atoms with Crippen LogP contribution in [-0.2, 0) is 6.54 Å². The molecule has 0 fully saturated rings. The van der Waals surface area contributed by atoms with Gasteiger partial charge >= 0.3 is 0 Å². The minimum Gasteiger partial charge on any atom is -0.378 e. The zero-order valence-electron chi connectivity index (χ0n) is 9.67. The zero-order chi connectivity index (χ0) is 13.1. The Hall–Kier alpha value is -0.960. The van der Waals surface area contributed by atoms with Crippen LogP contribution in [0.25, 0.3) is 0 Å². The van der Waals surface area contributed by atoms with Crippen molar-refractivity contribution in [2.45, 2.75) is 13.5 Å². The number of hydrogen-bond acceptors (Lipinski definition) is 2. The van der Waals surface area contributed by atoms with Gasteiger partial charge in [-0.25, -0.2) is 0 Å². The van der Waals surface area contributed by atoms with Crippen molar-refractivity contribution in [3.63, 3.8) is 0 Å². The number of nitrogens with one attached hydrogen (secondary N) is 1. The van der Waals surface area contributed by atoms with Crippen molar-refractivity contribution in [2.24, 2.45) is 0 Å². The van der Waals surface area contributed by atoms with Gasteiger partial charge < -0.3 is 5.32 Å². The Balaban J connectivity index is 2.16. The minimum atomic E-state index is 0.508. The van der Waals surface area contributed by atoms with Gasteiger partial charge in [-0.1, -0.05) is 40.9 Å². The first-order valence-electron chi connectivity index (χ1n) is 5.35. The molecule has 2 aromatic rings. The monoisotopic (exact) mass is 300 g/mol. The number of rotatable bonds is 3. The fourth-order valence-corrected chi connectivity index (χ4v) is 2.57. The van der Waals surface area contributed by atoms with Gasteiger partial charge in [0.25, 0.3) is 0 Å². The largest absolute Gasteiger partial charge is 0.378 e. The van der Waals surface area contributed by atoms with Crippen molar-refractivity contribution >= 4 is 40.5 Å². The van der Waals surface area contributed by atoms with Crippen molar-refractivity contribution in [1.29, 1.82) is 0 Å². The van der Waals surface area contributed by atoms with Crippen LogP contribution in [0.2, 0.25) is 15.1 Å². The lowest BCUT2D eigenvalue weighted by molar-refractivity contribution is 1.10. The Bertz CT molecular complexity index is 547. The highest BCUT2D eigenvalue weighted by atomic mass is 35.5. The van der Waals surface area contributed by atoms with Gasteiger partial charge in [0.2, 0.25) is 0 Å². The molecule has 2 rings (SSSR count). The van der Waals surface area contributed by atoms with Crippen molar-refractivity contribution < 1.29 is 0 Å². The van der Waals surface area contributed by atoms with E-state index < -0.39 is 0 Å². The van der Waals surface area contributed by atoms with E-state index in [0.717, 1.165) is 11.1 Å². The topological polar surface area (TPSA) is 24.9 Å². The minimum absolute atomic E-state index is 0.508. The number of pyridine rings is 1. The van der Waals surface area contributed by atoms with Crippen molar-refractivity contribution in [1.82, 2.24) is 4.98 Å². The Morgan fingerprint density at radius 2 is 1.72 bits per heavy atom. The first-order chi connectivity index (χ1) is 8.56. The quantitative estimate of drug-likeness (QED) is 0.866. The van der Waals surface area contributed by atoms with E-state index in [1.54, 1.807) is 18.3 Å². The van der Waals surface area contributed by atoms with Crippen LogP contribution in [-0.4, -0.2) is 4.98 Å². The van der Waals surface area contributed by atoms with Gasteiger partial charge in [-0.05, 0) is 30.2 Å². The summed E-state index contributed by atoms with van der Waals surface area (Å²) < 4.78 is 0. The number of benzene rings is 1. The summed E-state index contributed by atoms with van der Waals surface area (Å²) in [6.07, 6.45) is 3.61. The second-order valence-electron chi connectivity index (χ2n) is 3.97. The van der Waals surface area contributed by atoms with E-state index in [4.69, 9.17) is 34.8 Å². The molecule has 0 bridgehead atoms. The van der Waals surface area contributed by atoms with Crippen LogP contribution < -0.4 is 5.32 Å². The average molecular weight is 302 g/mol. The molecule has 18 heavy (non-hydrogen) atoms. The lowest BCUT2D eigenvalue weighted by Gasteiger charge is -2.11. The fraction of sp³-hybridized carbons (Fsp3) is 0.154. The highest BCUT2D eigenvalue weighted by Crippen LogP contribution is 2.33. The third-order valence-electron chi connectivity index (χ3n) is 2.41. The van der Waals surface area contributed by atoms with Gasteiger partial charge in [-0.2, -0.15) is 0 Å². The highest BCUT2D eigenvalue weighted by molar-refractivity contribution is 6.41. The van der Waals surface area contributed by atoms with Crippen LogP contribution in [0.3, 0.4) is 0 Å². The van der Waals surface area contributed by atoms with Crippen molar-refractivity contribution in [3.8, 4) is 0 Å². The van der Waals surface area contributed by atoms with Crippen LogP contribution >= 0.6 is 34.8 Å². The van der Waals surface area contributed by atoms with E-state index in [2.05, 4.69) is 16.4 Å². The number of nitrogens with zero attached hydrogens (tertiary/aromatic N) is 1. The van der Waals surface area contributed by atoms with Gasteiger partial charge in [0, 0.05) is 24.0 Å². The van der Waals surface area contributed by atoms with Crippen LogP contribution in [0.4, 0.5) is 5.69 Å². The van der Waals surface area contributed by atoms with E-state index in [-0.39, 0.29) is 0 Å². The van der Waals surface area contributed by atoms with Crippen LogP contribution in [0.15, 0.2) is 30.6 Å². The van der Waals surface area contributed by atoms with E-state index in [0.29, 0.717) is 27.3 Å². The van der Waals surface area contributed by atoms with Gasteiger partial charge in [0.1, 0.15) is 0 Å². The predicted octanol–water partition coefficient (Wildman–Crippen LogP) is 4.96. The van der Waals surface area contributed by atoms with E-state index in [9.17, 15) is 0 Å². The smallest absolute Gasteiger partial charge is 0.0722 e. The van der Waals surface area contributed by atoms with Crippen LogP contribution in [0.1, 0.15) is 11.1 Å². The summed E-state index contributed by atoms with van der Waals surface area (Å²) in [4.78, 5) is 4.13. The Morgan fingerprint density at radius 3 is 2.33 bits per heavy atom. The Morgan fingerprint density at radius 1 is 1.06 bits per heavy atom. The number of aryl methyl sites for hydroxylation is 1. The molecule has 2 nitrogen and oxygen atoms in total. The maximum Gasteiger partial charge on any atom is 0.0722 e. The molecule has 94 valence electrons. The summed E-state index contributed by atoms with van der Waals surface area (Å²) in [6, 6.07) is 5.37. The molecular weight excluding hydrogens is 291 g/mol. The normalized spacial score (nSPS) is 10.4. The molecule has 0 radical (unpaired) electrons.